The van der Waals surface area contributed by atoms with E-state index in [1.807, 2.05) is 24.3 Å². The zero-order valence-corrected chi connectivity index (χ0v) is 36.4. The molecule has 0 atom stereocenters. The predicted octanol–water partition coefficient (Wildman–Crippen LogP) is 6.22. The Hall–Kier alpha value is -6.67. The Kier molecular flexibility index (Phi) is 18.8. The van der Waals surface area contributed by atoms with Gasteiger partial charge in [-0.05, 0) is 117 Å². The summed E-state index contributed by atoms with van der Waals surface area (Å²) >= 11 is 10.1. The minimum atomic E-state index is -1.18. The number of aromatic nitrogens is 2. The third-order valence-electron chi connectivity index (χ3n) is 9.44. The second-order valence-corrected chi connectivity index (χ2v) is 15.3. The molecule has 0 aliphatic heterocycles. The summed E-state index contributed by atoms with van der Waals surface area (Å²) in [6.07, 6.45) is 6.46. The molecule has 0 fully saturated rings. The number of thiocarbonyl (C=S) groups is 2. The lowest BCUT2D eigenvalue weighted by Gasteiger charge is -2.24. The monoisotopic (exact) mass is 912 g/mol. The van der Waals surface area contributed by atoms with E-state index < -0.39 is 50.1 Å². The van der Waals surface area contributed by atoms with Gasteiger partial charge in [-0.2, -0.15) is 4.99 Å². The first-order valence-electron chi connectivity index (χ1n) is 20.2. The molecule has 4 heterocycles. The molecule has 0 amide bonds. The molecule has 0 radical (unpaired) electrons. The summed E-state index contributed by atoms with van der Waals surface area (Å²) in [7, 11) is 0. The molecule has 0 bridgehead atoms. The topological polar surface area (TPSA) is 247 Å². The minimum Gasteiger partial charge on any atom is -0.480 e. The fraction of sp³-hybridized carbons (Fsp3) is 0.318. The molecule has 336 valence electrons. The van der Waals surface area contributed by atoms with Gasteiger partial charge in [-0.1, -0.05) is 12.8 Å². The Labute approximate surface area is 379 Å². The minimum absolute atomic E-state index is 0.0534. The van der Waals surface area contributed by atoms with Crippen LogP contribution in [0.3, 0.4) is 0 Å². The molecular weight excluding hydrogens is 865 g/mol. The van der Waals surface area contributed by atoms with Gasteiger partial charge >= 0.3 is 23.9 Å². The number of isothiocyanates is 1. The number of furan rings is 2. The summed E-state index contributed by atoms with van der Waals surface area (Å²) in [5.74, 6) is -3.62. The van der Waals surface area contributed by atoms with Crippen molar-refractivity contribution >= 4 is 70.0 Å². The van der Waals surface area contributed by atoms with Gasteiger partial charge in [0.1, 0.15) is 11.5 Å². The number of unbranched alkanes of at least 4 members (excludes halogenated alkanes) is 3. The number of rotatable bonds is 27. The fourth-order valence-corrected chi connectivity index (χ4v) is 7.21. The number of carboxylic acid groups (broad SMARTS) is 4. The van der Waals surface area contributed by atoms with Crippen LogP contribution < -0.4 is 10.6 Å². The lowest BCUT2D eigenvalue weighted by Crippen LogP contribution is -2.34. The number of aliphatic carboxylic acids is 4. The molecule has 4 aromatic heterocycles. The molecular formula is C44H48N8O10S2. The molecule has 5 rings (SSSR count). The predicted molar refractivity (Wildman–Crippen MR) is 243 cm³/mol. The van der Waals surface area contributed by atoms with Crippen molar-refractivity contribution < 1.29 is 48.4 Å². The van der Waals surface area contributed by atoms with Crippen LogP contribution in [0.25, 0.3) is 22.6 Å². The van der Waals surface area contributed by atoms with E-state index in [9.17, 15) is 39.6 Å². The maximum atomic E-state index is 11.6. The quantitative estimate of drug-likeness (QED) is 0.0194. The average molecular weight is 913 g/mol. The van der Waals surface area contributed by atoms with Crippen molar-refractivity contribution in [2.75, 3.05) is 44.6 Å². The molecule has 20 heteroatoms. The molecule has 1 aromatic carbocycles. The number of nitrogens with zero attached hydrogens (tertiary/aromatic N) is 6. The van der Waals surface area contributed by atoms with E-state index in [4.69, 9.17) is 31.0 Å². The Morgan fingerprint density at radius 1 is 0.625 bits per heavy atom. The van der Waals surface area contributed by atoms with Gasteiger partial charge in [0.05, 0.1) is 72.3 Å². The van der Waals surface area contributed by atoms with E-state index in [-0.39, 0.29) is 13.1 Å². The van der Waals surface area contributed by atoms with Crippen LogP contribution in [0.4, 0.5) is 11.4 Å². The molecule has 64 heavy (non-hydrogen) atoms. The first-order valence-corrected chi connectivity index (χ1v) is 21.0. The molecule has 0 saturated heterocycles. The van der Waals surface area contributed by atoms with Gasteiger partial charge in [0.25, 0.3) is 0 Å². The highest BCUT2D eigenvalue weighted by Crippen LogP contribution is 2.26. The van der Waals surface area contributed by atoms with Crippen molar-refractivity contribution in [3.05, 3.63) is 108 Å². The maximum absolute atomic E-state index is 11.6. The van der Waals surface area contributed by atoms with E-state index >= 15 is 0 Å². The highest BCUT2D eigenvalue weighted by molar-refractivity contribution is 7.80. The third-order valence-corrected chi connectivity index (χ3v) is 9.78. The zero-order valence-electron chi connectivity index (χ0n) is 34.7. The van der Waals surface area contributed by atoms with Gasteiger partial charge in [-0.3, -0.25) is 43.8 Å². The number of hydrogen-bond donors (Lipinski definition) is 6. The summed E-state index contributed by atoms with van der Waals surface area (Å²) in [5, 5.41) is 47.2. The number of aliphatic imine (C=N–C) groups is 1. The van der Waals surface area contributed by atoms with E-state index in [0.717, 1.165) is 31.4 Å². The van der Waals surface area contributed by atoms with E-state index in [1.54, 1.807) is 48.5 Å². The third kappa shape index (κ3) is 16.9. The lowest BCUT2D eigenvalue weighted by atomic mass is 10.1. The Bertz CT molecular complexity index is 2240. The smallest absolute Gasteiger partial charge is 0.317 e. The molecule has 0 unspecified atom stereocenters. The van der Waals surface area contributed by atoms with Gasteiger partial charge in [0.15, 0.2) is 5.11 Å². The first-order chi connectivity index (χ1) is 30.8. The molecule has 0 saturated carbocycles. The van der Waals surface area contributed by atoms with Crippen LogP contribution in [0.5, 0.6) is 0 Å². The molecule has 5 aromatic rings. The lowest BCUT2D eigenvalue weighted by molar-refractivity contribution is -0.144. The largest absolute Gasteiger partial charge is 0.480 e. The van der Waals surface area contributed by atoms with Crippen LogP contribution in [0.15, 0.2) is 99.1 Å². The van der Waals surface area contributed by atoms with E-state index in [2.05, 4.69) is 37.9 Å². The Balaban J connectivity index is 1.36. The van der Waals surface area contributed by atoms with Gasteiger partial charge in [0.2, 0.25) is 0 Å². The number of benzene rings is 1. The number of pyridine rings is 2. The van der Waals surface area contributed by atoms with Crippen molar-refractivity contribution in [1.29, 1.82) is 0 Å². The van der Waals surface area contributed by atoms with Crippen LogP contribution in [-0.2, 0) is 45.4 Å². The second-order valence-electron chi connectivity index (χ2n) is 14.8. The Morgan fingerprint density at radius 3 is 1.47 bits per heavy atom. The number of carboxylic acids is 4. The Morgan fingerprint density at radius 2 is 1.06 bits per heavy atom. The summed E-state index contributed by atoms with van der Waals surface area (Å²) in [6.45, 7) is -0.289. The van der Waals surface area contributed by atoms with E-state index in [1.165, 1.54) is 22.3 Å². The van der Waals surface area contributed by atoms with Crippen LogP contribution in [0, 0.1) is 0 Å². The number of anilines is 1. The highest BCUT2D eigenvalue weighted by atomic mass is 32.1. The summed E-state index contributed by atoms with van der Waals surface area (Å²) in [6, 6.07) is 21.6. The van der Waals surface area contributed by atoms with Crippen molar-refractivity contribution in [3.63, 3.8) is 0 Å². The van der Waals surface area contributed by atoms with Crippen LogP contribution in [0.2, 0.25) is 0 Å². The van der Waals surface area contributed by atoms with E-state index in [0.29, 0.717) is 82.4 Å². The standard InChI is InChI=1S/C44H48N8O10S2/c53-40(54)25-51(26-41(55)56)23-36-19-30(38-7-5-15-61-38)17-34(47-36)21-50(14-4-2-1-3-13-45-44(64)49-33-11-9-32(10-12-33)46-29-63)22-35-18-31(39-8-6-16-62-39)20-37(48-35)24-52(27-42(57)58)28-43(59)60/h5-12,15-20H,1-4,13-14,21-28H2,(H,53,54)(H,55,56)(H,57,58)(H,59,60)(H2,45,49,64). The summed E-state index contributed by atoms with van der Waals surface area (Å²) < 4.78 is 11.4. The zero-order chi connectivity index (χ0) is 45.8. The van der Waals surface area contributed by atoms with Crippen LogP contribution >= 0.6 is 24.4 Å². The molecule has 6 N–H and O–H groups in total. The summed E-state index contributed by atoms with van der Waals surface area (Å²) in [5.41, 5.74) is 4.95. The normalized spacial score (nSPS) is 11.1. The molecule has 18 nitrogen and oxygen atoms in total. The first kappa shape index (κ1) is 48.4. The maximum Gasteiger partial charge on any atom is 0.317 e. The number of carbonyl (C=O) groups is 4. The second kappa shape index (κ2) is 24.8. The SMILES string of the molecule is O=C(O)CN(CC(=O)O)Cc1cc(-c2ccco2)cc(CN(CCCCCCNC(=S)Nc2ccc(N=C=S)cc2)Cc2cc(-c3ccco3)cc(CN(CC(=O)O)CC(=O)O)n2)n1. The highest BCUT2D eigenvalue weighted by Gasteiger charge is 2.20. The van der Waals surface area contributed by atoms with Gasteiger partial charge in [-0.15, -0.1) is 0 Å². The molecule has 0 aliphatic rings. The summed E-state index contributed by atoms with van der Waals surface area (Å²) in [4.78, 5) is 65.0. The fourth-order valence-electron chi connectivity index (χ4n) is 6.89. The van der Waals surface area contributed by atoms with Gasteiger partial charge < -0.3 is 39.9 Å². The molecule has 0 spiro atoms. The van der Waals surface area contributed by atoms with Crippen molar-refractivity contribution in [2.45, 2.75) is 51.9 Å². The van der Waals surface area contributed by atoms with Crippen LogP contribution in [-0.4, -0.2) is 119 Å². The number of nitrogens with one attached hydrogen (secondary N) is 2. The van der Waals surface area contributed by atoms with Crippen LogP contribution in [0.1, 0.15) is 48.5 Å². The van der Waals surface area contributed by atoms with Crippen molar-refractivity contribution in [2.24, 2.45) is 4.99 Å². The molecule has 0 aliphatic carbocycles. The number of hydrogen-bond acceptors (Lipinski definition) is 14. The van der Waals surface area contributed by atoms with Crippen molar-refractivity contribution in [3.8, 4) is 22.6 Å². The van der Waals surface area contributed by atoms with Crippen molar-refractivity contribution in [1.82, 2.24) is 30.0 Å². The van der Waals surface area contributed by atoms with Gasteiger partial charge in [0, 0.05) is 49.5 Å². The average Bonchev–Trinajstić information content (AvgIpc) is 3.97. The van der Waals surface area contributed by atoms with Gasteiger partial charge in [-0.25, -0.2) is 0 Å².